The second-order valence-corrected chi connectivity index (χ2v) is 7.54. The van der Waals surface area contributed by atoms with Gasteiger partial charge in [-0.2, -0.15) is 0 Å². The predicted molar refractivity (Wildman–Crippen MR) is 85.9 cm³/mol. The first-order valence-corrected chi connectivity index (χ1v) is 8.95. The van der Waals surface area contributed by atoms with Crippen LogP contribution in [0.2, 0.25) is 0 Å². The molecule has 0 aromatic heterocycles. The minimum Gasteiger partial charge on any atom is -0.325 e. The largest absolute Gasteiger partial charge is 0.325 e. The molecular formula is C15H24N2O3S. The summed E-state index contributed by atoms with van der Waals surface area (Å²) in [7, 11) is -3.36. The Labute approximate surface area is 127 Å². The van der Waals surface area contributed by atoms with E-state index in [9.17, 15) is 13.2 Å². The Balaban J connectivity index is 2.71. The van der Waals surface area contributed by atoms with Crippen molar-refractivity contribution < 1.29 is 13.2 Å². The number of anilines is 1. The first-order valence-electron chi connectivity index (χ1n) is 7.13. The molecule has 21 heavy (non-hydrogen) atoms. The maximum atomic E-state index is 11.9. The number of nitrogens with one attached hydrogen (secondary N) is 2. The van der Waals surface area contributed by atoms with Crippen molar-refractivity contribution in [1.82, 2.24) is 5.32 Å². The summed E-state index contributed by atoms with van der Waals surface area (Å²) in [5.41, 5.74) is 1.59. The van der Waals surface area contributed by atoms with E-state index < -0.39 is 21.5 Å². The molecule has 0 spiro atoms. The van der Waals surface area contributed by atoms with Crippen LogP contribution in [0.1, 0.15) is 26.3 Å². The van der Waals surface area contributed by atoms with Gasteiger partial charge < -0.3 is 10.6 Å². The van der Waals surface area contributed by atoms with Gasteiger partial charge in [0.25, 0.3) is 0 Å². The van der Waals surface area contributed by atoms with Crippen molar-refractivity contribution in [2.45, 2.75) is 27.3 Å². The zero-order chi connectivity index (χ0) is 15.9. The summed E-state index contributed by atoms with van der Waals surface area (Å²) in [4.78, 5) is 11.9. The molecule has 1 amide bonds. The van der Waals surface area contributed by atoms with E-state index in [4.69, 9.17) is 0 Å². The summed E-state index contributed by atoms with van der Waals surface area (Å²) >= 11 is 0. The average molecular weight is 312 g/mol. The highest BCUT2D eigenvalue weighted by atomic mass is 32.2. The molecule has 0 bridgehead atoms. The van der Waals surface area contributed by atoms with Crippen LogP contribution in [0.25, 0.3) is 0 Å². The van der Waals surface area contributed by atoms with Crippen LogP contribution in [-0.2, 0) is 21.2 Å². The Morgan fingerprint density at radius 2 is 1.90 bits per heavy atom. The fourth-order valence-electron chi connectivity index (χ4n) is 2.01. The van der Waals surface area contributed by atoms with Gasteiger partial charge in [-0.3, -0.25) is 4.79 Å². The van der Waals surface area contributed by atoms with Crippen molar-refractivity contribution in [3.8, 4) is 0 Å². The van der Waals surface area contributed by atoms with Crippen molar-refractivity contribution in [3.05, 3.63) is 29.8 Å². The Hall–Kier alpha value is -1.40. The molecule has 0 saturated heterocycles. The highest BCUT2D eigenvalue weighted by molar-refractivity contribution is 7.92. The van der Waals surface area contributed by atoms with Gasteiger partial charge in [-0.15, -0.1) is 0 Å². The van der Waals surface area contributed by atoms with Gasteiger partial charge in [0.2, 0.25) is 5.91 Å². The van der Waals surface area contributed by atoms with Gasteiger partial charge in [0.1, 0.15) is 5.75 Å². The van der Waals surface area contributed by atoms with Gasteiger partial charge in [-0.25, -0.2) is 8.42 Å². The summed E-state index contributed by atoms with van der Waals surface area (Å²) in [6.07, 6.45) is 0. The summed E-state index contributed by atoms with van der Waals surface area (Å²) in [5, 5.41) is 5.87. The Kier molecular flexibility index (Phi) is 6.84. The highest BCUT2D eigenvalue weighted by Gasteiger charge is 2.18. The molecule has 0 heterocycles. The molecule has 6 heteroatoms. The lowest BCUT2D eigenvalue weighted by molar-refractivity contribution is -0.113. The Bertz CT molecular complexity index is 568. The molecule has 118 valence electrons. The number of sulfone groups is 1. The molecule has 0 fully saturated rings. The monoisotopic (exact) mass is 312 g/mol. The topological polar surface area (TPSA) is 75.3 Å². The summed E-state index contributed by atoms with van der Waals surface area (Å²) < 4.78 is 23.7. The normalized spacial score (nSPS) is 11.6. The van der Waals surface area contributed by atoms with E-state index in [2.05, 4.69) is 10.6 Å². The van der Waals surface area contributed by atoms with Crippen LogP contribution in [0, 0.1) is 5.92 Å². The van der Waals surface area contributed by atoms with E-state index in [0.717, 1.165) is 12.1 Å². The molecule has 2 N–H and O–H groups in total. The van der Waals surface area contributed by atoms with Crippen LogP contribution in [0.15, 0.2) is 24.3 Å². The van der Waals surface area contributed by atoms with Crippen LogP contribution in [0.4, 0.5) is 5.69 Å². The molecule has 0 unspecified atom stereocenters. The van der Waals surface area contributed by atoms with E-state index in [1.807, 2.05) is 39.0 Å². The minimum absolute atomic E-state index is 0.0174. The SMILES string of the molecule is CCNCc1ccccc1NC(=O)CS(=O)(=O)CC(C)C. The highest BCUT2D eigenvalue weighted by Crippen LogP contribution is 2.15. The number of hydrogen-bond acceptors (Lipinski definition) is 4. The van der Waals surface area contributed by atoms with Gasteiger partial charge in [0.05, 0.1) is 5.75 Å². The number of benzene rings is 1. The third kappa shape index (κ3) is 6.73. The Morgan fingerprint density at radius 1 is 1.24 bits per heavy atom. The molecule has 0 aliphatic heterocycles. The third-order valence-corrected chi connectivity index (χ3v) is 4.67. The minimum atomic E-state index is -3.36. The maximum Gasteiger partial charge on any atom is 0.239 e. The van der Waals surface area contributed by atoms with E-state index in [0.29, 0.717) is 12.2 Å². The standard InChI is InChI=1S/C15H24N2O3S/c1-4-16-9-13-7-5-6-8-14(13)17-15(18)11-21(19,20)10-12(2)3/h5-8,12,16H,4,9-11H2,1-3H3,(H,17,18). The number of para-hydroxylation sites is 1. The fourth-order valence-corrected chi connectivity index (χ4v) is 3.61. The van der Waals surface area contributed by atoms with Crippen molar-refractivity contribution in [2.24, 2.45) is 5.92 Å². The fraction of sp³-hybridized carbons (Fsp3) is 0.533. The first-order chi connectivity index (χ1) is 9.84. The third-order valence-electron chi connectivity index (χ3n) is 2.80. The number of hydrogen-bond donors (Lipinski definition) is 2. The van der Waals surface area contributed by atoms with E-state index in [-0.39, 0.29) is 11.7 Å². The maximum absolute atomic E-state index is 11.9. The van der Waals surface area contributed by atoms with Gasteiger partial charge in [0.15, 0.2) is 9.84 Å². The van der Waals surface area contributed by atoms with E-state index in [1.165, 1.54) is 0 Å². The van der Waals surface area contributed by atoms with Crippen LogP contribution in [0.5, 0.6) is 0 Å². The van der Waals surface area contributed by atoms with Crippen LogP contribution in [-0.4, -0.2) is 32.4 Å². The number of amides is 1. The van der Waals surface area contributed by atoms with Gasteiger partial charge in [-0.05, 0) is 24.1 Å². The molecule has 1 aromatic rings. The molecular weight excluding hydrogens is 288 g/mol. The molecule has 1 aromatic carbocycles. The van der Waals surface area contributed by atoms with Crippen molar-refractivity contribution in [1.29, 1.82) is 0 Å². The second kappa shape index (κ2) is 8.14. The smallest absolute Gasteiger partial charge is 0.239 e. The molecule has 0 aliphatic rings. The van der Waals surface area contributed by atoms with Gasteiger partial charge >= 0.3 is 0 Å². The van der Waals surface area contributed by atoms with Gasteiger partial charge in [0, 0.05) is 12.2 Å². The Morgan fingerprint density at radius 3 is 2.52 bits per heavy atom. The number of rotatable bonds is 8. The summed E-state index contributed by atoms with van der Waals surface area (Å²) in [6.45, 7) is 7.10. The zero-order valence-electron chi connectivity index (χ0n) is 12.8. The van der Waals surface area contributed by atoms with Crippen molar-refractivity contribution in [3.63, 3.8) is 0 Å². The van der Waals surface area contributed by atoms with Crippen molar-refractivity contribution >= 4 is 21.4 Å². The lowest BCUT2D eigenvalue weighted by Gasteiger charge is -2.12. The quantitative estimate of drug-likeness (QED) is 0.767. The average Bonchev–Trinajstić information content (AvgIpc) is 2.35. The molecule has 0 atom stereocenters. The molecule has 5 nitrogen and oxygen atoms in total. The van der Waals surface area contributed by atoms with Crippen LogP contribution < -0.4 is 10.6 Å². The van der Waals surface area contributed by atoms with Gasteiger partial charge in [-0.1, -0.05) is 39.0 Å². The predicted octanol–water partition coefficient (Wildman–Crippen LogP) is 1.81. The van der Waals surface area contributed by atoms with Crippen LogP contribution >= 0.6 is 0 Å². The lowest BCUT2D eigenvalue weighted by atomic mass is 10.1. The summed E-state index contributed by atoms with van der Waals surface area (Å²) in [5.74, 6) is -0.913. The van der Waals surface area contributed by atoms with E-state index in [1.54, 1.807) is 6.07 Å². The zero-order valence-corrected chi connectivity index (χ0v) is 13.7. The van der Waals surface area contributed by atoms with Crippen LogP contribution in [0.3, 0.4) is 0 Å². The van der Waals surface area contributed by atoms with Crippen molar-refractivity contribution in [2.75, 3.05) is 23.4 Å². The summed E-state index contributed by atoms with van der Waals surface area (Å²) in [6, 6.07) is 7.38. The second-order valence-electron chi connectivity index (χ2n) is 5.43. The first kappa shape index (κ1) is 17.7. The number of carbonyl (C=O) groups excluding carboxylic acids is 1. The molecule has 0 radical (unpaired) electrons. The molecule has 1 rings (SSSR count). The molecule has 0 aliphatic carbocycles. The lowest BCUT2D eigenvalue weighted by Crippen LogP contribution is -2.27. The number of carbonyl (C=O) groups is 1. The molecule has 0 saturated carbocycles. The van der Waals surface area contributed by atoms with E-state index >= 15 is 0 Å².